The molecule has 1 aromatic rings. The number of esters is 1. The lowest BCUT2D eigenvalue weighted by Crippen LogP contribution is -2.18. The molecule has 0 aliphatic carbocycles. The minimum absolute atomic E-state index is 0.0461. The van der Waals surface area contributed by atoms with Gasteiger partial charge >= 0.3 is 12.1 Å². The van der Waals surface area contributed by atoms with Crippen molar-refractivity contribution in [3.05, 3.63) is 40.3 Å². The van der Waals surface area contributed by atoms with Crippen molar-refractivity contribution in [1.82, 2.24) is 0 Å². The molecule has 0 aromatic heterocycles. The molecule has 1 aromatic carbocycles. The van der Waals surface area contributed by atoms with E-state index in [0.29, 0.717) is 24.2 Å². The van der Waals surface area contributed by atoms with Crippen molar-refractivity contribution in [1.29, 1.82) is 0 Å². The van der Waals surface area contributed by atoms with Crippen molar-refractivity contribution >= 4 is 29.4 Å². The molecule has 0 saturated heterocycles. The second kappa shape index (κ2) is 12.0. The zero-order valence-corrected chi connectivity index (χ0v) is 14.7. The summed E-state index contributed by atoms with van der Waals surface area (Å²) < 4.78 is 10.0. The first-order chi connectivity index (χ1) is 12.0. The van der Waals surface area contributed by atoms with Crippen LogP contribution in [0, 0.1) is 0 Å². The highest BCUT2D eigenvalue weighted by Gasteiger charge is 2.11. The molecule has 0 radical (unpaired) electrons. The summed E-state index contributed by atoms with van der Waals surface area (Å²) in [7, 11) is 0. The number of azide groups is 1. The number of ether oxygens (including phenoxy) is 2. The van der Waals surface area contributed by atoms with E-state index in [4.69, 9.17) is 26.6 Å². The molecule has 0 heterocycles. The number of carbonyl (C=O) groups is 2. The van der Waals surface area contributed by atoms with Gasteiger partial charge in [-0.2, -0.15) is 0 Å². The van der Waals surface area contributed by atoms with Crippen LogP contribution in [0.2, 0.25) is 0 Å². The van der Waals surface area contributed by atoms with Crippen LogP contribution in [0.3, 0.4) is 0 Å². The highest BCUT2D eigenvalue weighted by molar-refractivity contribution is 6.20. The third-order valence-electron chi connectivity index (χ3n) is 3.11. The van der Waals surface area contributed by atoms with Gasteiger partial charge in [-0.1, -0.05) is 41.3 Å². The fraction of sp³-hybridized carbons (Fsp3) is 0.500. The number of para-hydroxylation sites is 1. The van der Waals surface area contributed by atoms with E-state index in [1.807, 2.05) is 0 Å². The lowest BCUT2D eigenvalue weighted by molar-refractivity contribution is -0.145. The van der Waals surface area contributed by atoms with Gasteiger partial charge in [-0.25, -0.2) is 4.79 Å². The van der Waals surface area contributed by atoms with Crippen LogP contribution < -0.4 is 5.32 Å². The Balaban J connectivity index is 2.39. The first kappa shape index (κ1) is 20.6. The number of carbonyl (C=O) groups excluding carboxylic acids is 2. The standard InChI is InChI=1S/C16H21ClN4O4/c1-12(17)25-16(23)20-14-8-5-4-7-13(14)11-24-15(22)9-3-2-6-10-19-21-18/h4-5,7-8,12H,2-3,6,9-11H2,1H3,(H,20,23). The van der Waals surface area contributed by atoms with E-state index in [0.717, 1.165) is 12.8 Å². The Labute approximate surface area is 151 Å². The highest BCUT2D eigenvalue weighted by atomic mass is 35.5. The number of nitrogens with zero attached hydrogens (tertiary/aromatic N) is 3. The Morgan fingerprint density at radius 2 is 2.08 bits per heavy atom. The molecule has 0 fully saturated rings. The van der Waals surface area contributed by atoms with Gasteiger partial charge in [0, 0.05) is 23.4 Å². The maximum Gasteiger partial charge on any atom is 0.413 e. The summed E-state index contributed by atoms with van der Waals surface area (Å²) in [6.45, 7) is 2.01. The lowest BCUT2D eigenvalue weighted by atomic mass is 10.2. The van der Waals surface area contributed by atoms with Crippen molar-refractivity contribution in [2.45, 2.75) is 44.8 Å². The van der Waals surface area contributed by atoms with Crippen molar-refractivity contribution in [2.24, 2.45) is 5.11 Å². The average Bonchev–Trinajstić information content (AvgIpc) is 2.56. The van der Waals surface area contributed by atoms with E-state index in [9.17, 15) is 9.59 Å². The maximum atomic E-state index is 11.8. The van der Waals surface area contributed by atoms with Gasteiger partial charge in [0.25, 0.3) is 0 Å². The molecule has 0 bridgehead atoms. The number of rotatable bonds is 10. The van der Waals surface area contributed by atoms with Gasteiger partial charge in [0.1, 0.15) is 6.61 Å². The summed E-state index contributed by atoms with van der Waals surface area (Å²) in [6, 6.07) is 6.94. The molecule has 1 rings (SSSR count). The summed E-state index contributed by atoms with van der Waals surface area (Å²) >= 11 is 5.59. The molecule has 8 nitrogen and oxygen atoms in total. The van der Waals surface area contributed by atoms with Crippen molar-refractivity contribution < 1.29 is 19.1 Å². The second-order valence-electron chi connectivity index (χ2n) is 5.16. The van der Waals surface area contributed by atoms with Gasteiger partial charge in [0.05, 0.1) is 5.69 Å². The molecule has 0 saturated carbocycles. The summed E-state index contributed by atoms with van der Waals surface area (Å²) in [5.41, 5.74) is 8.55. The van der Waals surface area contributed by atoms with Crippen molar-refractivity contribution in [2.75, 3.05) is 11.9 Å². The van der Waals surface area contributed by atoms with Crippen molar-refractivity contribution in [3.8, 4) is 0 Å². The van der Waals surface area contributed by atoms with Crippen LogP contribution in [0.4, 0.5) is 10.5 Å². The minimum Gasteiger partial charge on any atom is -0.461 e. The molecule has 136 valence electrons. The molecule has 9 heteroatoms. The quantitative estimate of drug-likeness (QED) is 0.160. The van der Waals surface area contributed by atoms with Crippen LogP contribution in [0.1, 0.15) is 38.2 Å². The van der Waals surface area contributed by atoms with Gasteiger partial charge in [0.15, 0.2) is 5.56 Å². The Morgan fingerprint density at radius 3 is 2.80 bits per heavy atom. The second-order valence-corrected chi connectivity index (χ2v) is 5.77. The number of unbranched alkanes of at least 4 members (excludes halogenated alkanes) is 2. The van der Waals surface area contributed by atoms with Crippen LogP contribution >= 0.6 is 11.6 Å². The van der Waals surface area contributed by atoms with Crippen molar-refractivity contribution in [3.63, 3.8) is 0 Å². The predicted octanol–water partition coefficient (Wildman–Crippen LogP) is 4.73. The number of nitrogens with one attached hydrogen (secondary N) is 1. The van der Waals surface area contributed by atoms with Gasteiger partial charge in [-0.3, -0.25) is 10.1 Å². The van der Waals surface area contributed by atoms with E-state index < -0.39 is 11.7 Å². The zero-order valence-electron chi connectivity index (χ0n) is 14.0. The third-order valence-corrected chi connectivity index (χ3v) is 3.20. The fourth-order valence-corrected chi connectivity index (χ4v) is 2.04. The van der Waals surface area contributed by atoms with Crippen LogP contribution in [-0.2, 0) is 20.9 Å². The summed E-state index contributed by atoms with van der Waals surface area (Å²) in [4.78, 5) is 26.0. The van der Waals surface area contributed by atoms with Crippen LogP contribution in [0.25, 0.3) is 10.4 Å². The van der Waals surface area contributed by atoms with E-state index in [1.54, 1.807) is 24.3 Å². The summed E-state index contributed by atoms with van der Waals surface area (Å²) in [5, 5.41) is 5.99. The molecular formula is C16H21ClN4O4. The third kappa shape index (κ3) is 9.44. The number of alkyl halides is 1. The number of hydrogen-bond donors (Lipinski definition) is 1. The molecule has 1 unspecified atom stereocenters. The average molecular weight is 369 g/mol. The minimum atomic E-state index is -0.746. The molecule has 1 atom stereocenters. The Bertz CT molecular complexity index is 618. The number of anilines is 1. The van der Waals surface area contributed by atoms with E-state index in [-0.39, 0.29) is 19.0 Å². The predicted molar refractivity (Wildman–Crippen MR) is 94.1 cm³/mol. The molecular weight excluding hydrogens is 348 g/mol. The normalized spacial score (nSPS) is 11.1. The molecule has 1 N–H and O–H groups in total. The Morgan fingerprint density at radius 1 is 1.32 bits per heavy atom. The topological polar surface area (TPSA) is 113 Å². The molecule has 25 heavy (non-hydrogen) atoms. The Kier molecular flexibility index (Phi) is 9.89. The van der Waals surface area contributed by atoms with E-state index in [2.05, 4.69) is 15.3 Å². The largest absolute Gasteiger partial charge is 0.461 e. The first-order valence-electron chi connectivity index (χ1n) is 7.89. The molecule has 0 spiro atoms. The monoisotopic (exact) mass is 368 g/mol. The zero-order chi connectivity index (χ0) is 18.5. The smallest absolute Gasteiger partial charge is 0.413 e. The molecule has 0 aliphatic rings. The summed E-state index contributed by atoms with van der Waals surface area (Å²) in [6.07, 6.45) is 1.80. The van der Waals surface area contributed by atoms with Gasteiger partial charge in [0.2, 0.25) is 0 Å². The molecule has 1 amide bonds. The van der Waals surface area contributed by atoms with Crippen LogP contribution in [0.15, 0.2) is 29.4 Å². The Hall–Kier alpha value is -2.44. The van der Waals surface area contributed by atoms with Gasteiger partial charge in [-0.15, -0.1) is 0 Å². The highest BCUT2D eigenvalue weighted by Crippen LogP contribution is 2.17. The number of benzene rings is 1. The van der Waals surface area contributed by atoms with Gasteiger partial charge < -0.3 is 9.47 Å². The SMILES string of the molecule is CC(Cl)OC(=O)Nc1ccccc1COC(=O)CCCCCN=[N+]=[N-]. The van der Waals surface area contributed by atoms with Crippen LogP contribution in [-0.4, -0.2) is 24.2 Å². The first-order valence-corrected chi connectivity index (χ1v) is 8.32. The lowest BCUT2D eigenvalue weighted by Gasteiger charge is -2.12. The van der Waals surface area contributed by atoms with E-state index >= 15 is 0 Å². The number of hydrogen-bond acceptors (Lipinski definition) is 5. The van der Waals surface area contributed by atoms with Crippen LogP contribution in [0.5, 0.6) is 0 Å². The number of amides is 1. The summed E-state index contributed by atoms with van der Waals surface area (Å²) in [5.74, 6) is -0.324. The van der Waals surface area contributed by atoms with Gasteiger partial charge in [-0.05, 0) is 31.4 Å². The molecule has 0 aliphatic heterocycles. The number of halogens is 1. The van der Waals surface area contributed by atoms with E-state index in [1.165, 1.54) is 6.92 Å². The maximum absolute atomic E-state index is 11.8. The fourth-order valence-electron chi connectivity index (χ4n) is 1.96.